The van der Waals surface area contributed by atoms with E-state index in [1.807, 2.05) is 31.3 Å². The van der Waals surface area contributed by atoms with Crippen LogP contribution in [0.25, 0.3) is 11.1 Å². The number of hydrogen-bond acceptors (Lipinski definition) is 7. The van der Waals surface area contributed by atoms with Gasteiger partial charge in [0.2, 0.25) is 0 Å². The minimum absolute atomic E-state index is 0.0593. The average Bonchev–Trinajstić information content (AvgIpc) is 3.36. The molecule has 2 aliphatic rings. The van der Waals surface area contributed by atoms with Crippen molar-refractivity contribution < 1.29 is 14.3 Å². The highest BCUT2D eigenvalue weighted by atomic mass is 16.5. The van der Waals surface area contributed by atoms with E-state index < -0.39 is 11.8 Å². The highest BCUT2D eigenvalue weighted by Crippen LogP contribution is 2.35. The molecule has 224 valence electrons. The summed E-state index contributed by atoms with van der Waals surface area (Å²) in [6.45, 7) is 6.92. The number of amides is 2. The van der Waals surface area contributed by atoms with Crippen molar-refractivity contribution in [2.24, 2.45) is 17.8 Å². The number of piperidine rings is 1. The van der Waals surface area contributed by atoms with Crippen molar-refractivity contribution in [1.29, 1.82) is 0 Å². The van der Waals surface area contributed by atoms with E-state index in [2.05, 4.69) is 55.1 Å². The van der Waals surface area contributed by atoms with Crippen molar-refractivity contribution in [2.75, 3.05) is 50.5 Å². The van der Waals surface area contributed by atoms with E-state index in [0.29, 0.717) is 42.1 Å². The molecule has 3 aromatic rings. The zero-order chi connectivity index (χ0) is 30.3. The van der Waals surface area contributed by atoms with Crippen molar-refractivity contribution in [2.45, 2.75) is 18.8 Å². The van der Waals surface area contributed by atoms with Gasteiger partial charge in [0.1, 0.15) is 17.2 Å². The van der Waals surface area contributed by atoms with E-state index in [4.69, 9.17) is 10.5 Å². The molecule has 11 nitrogen and oxygen atoms in total. The van der Waals surface area contributed by atoms with Crippen LogP contribution in [-0.2, 0) is 21.4 Å². The van der Waals surface area contributed by atoms with Gasteiger partial charge in [-0.15, -0.1) is 0 Å². The fraction of sp³-hybridized carbons (Fsp3) is 0.312. The van der Waals surface area contributed by atoms with Gasteiger partial charge in [-0.05, 0) is 68.9 Å². The monoisotopic (exact) mass is 582 g/mol. The first-order valence-electron chi connectivity index (χ1n) is 14.4. The Kier molecular flexibility index (Phi) is 9.33. The molecule has 0 radical (unpaired) electrons. The van der Waals surface area contributed by atoms with Crippen LogP contribution in [0.2, 0.25) is 0 Å². The third-order valence-electron chi connectivity index (χ3n) is 7.83. The van der Waals surface area contributed by atoms with Crippen LogP contribution < -0.4 is 21.7 Å². The lowest BCUT2D eigenvalue weighted by molar-refractivity contribution is -0.118. The SMILES string of the molecule is C=CN=C(N)c1c(-c2ccc(NC(=O)/C(C(=O)Nc3ccccn3)=C3\COCCN3)cc2)cc(C2CCN(C)CC2)n1C. The molecule has 4 heterocycles. The maximum atomic E-state index is 13.5. The molecule has 5 rings (SSSR count). The number of likely N-dealkylation sites (tertiary alicyclic amines) is 1. The number of nitrogens with zero attached hydrogens (tertiary/aromatic N) is 4. The Balaban J connectivity index is 1.40. The number of aliphatic imine (C=N–C) groups is 1. The van der Waals surface area contributed by atoms with Gasteiger partial charge in [0.15, 0.2) is 0 Å². The number of ether oxygens (including phenoxy) is 1. The number of pyridine rings is 1. The summed E-state index contributed by atoms with van der Waals surface area (Å²) in [4.78, 5) is 37.5. The number of morpholine rings is 1. The number of anilines is 2. The quantitative estimate of drug-likeness (QED) is 0.105. The van der Waals surface area contributed by atoms with Crippen LogP contribution in [0.5, 0.6) is 0 Å². The van der Waals surface area contributed by atoms with Crippen LogP contribution >= 0.6 is 0 Å². The van der Waals surface area contributed by atoms with Gasteiger partial charge in [-0.3, -0.25) is 9.59 Å². The van der Waals surface area contributed by atoms with Crippen LogP contribution in [-0.4, -0.2) is 72.0 Å². The van der Waals surface area contributed by atoms with Gasteiger partial charge in [0, 0.05) is 48.9 Å². The molecule has 11 heteroatoms. The molecular weight excluding hydrogens is 544 g/mol. The maximum Gasteiger partial charge on any atom is 0.264 e. The number of nitrogens with one attached hydrogen (secondary N) is 3. The van der Waals surface area contributed by atoms with Gasteiger partial charge in [-0.2, -0.15) is 0 Å². The van der Waals surface area contributed by atoms with Crippen LogP contribution in [0.1, 0.15) is 30.1 Å². The average molecular weight is 583 g/mol. The molecular formula is C32H38N8O3. The van der Waals surface area contributed by atoms with Crippen molar-refractivity contribution >= 4 is 29.2 Å². The molecule has 2 aromatic heterocycles. The van der Waals surface area contributed by atoms with Gasteiger partial charge in [0.05, 0.1) is 24.6 Å². The Morgan fingerprint density at radius 1 is 1.12 bits per heavy atom. The lowest BCUT2D eigenvalue weighted by atomic mass is 9.93. The Bertz CT molecular complexity index is 1530. The van der Waals surface area contributed by atoms with Gasteiger partial charge < -0.3 is 35.9 Å². The Morgan fingerprint density at radius 3 is 2.51 bits per heavy atom. The van der Waals surface area contributed by atoms with Crippen LogP contribution in [0, 0.1) is 0 Å². The van der Waals surface area contributed by atoms with Gasteiger partial charge in [-0.25, -0.2) is 9.98 Å². The van der Waals surface area contributed by atoms with E-state index in [9.17, 15) is 9.59 Å². The van der Waals surface area contributed by atoms with Gasteiger partial charge in [-0.1, -0.05) is 24.8 Å². The number of carbonyl (C=O) groups excluding carboxylic acids is 2. The summed E-state index contributed by atoms with van der Waals surface area (Å²) in [6.07, 6.45) is 5.16. The number of hydrogen-bond donors (Lipinski definition) is 4. The van der Waals surface area contributed by atoms with Crippen LogP contribution in [0.4, 0.5) is 11.5 Å². The lowest BCUT2D eigenvalue weighted by Gasteiger charge is -2.29. The topological polar surface area (TPSA) is 139 Å². The number of rotatable bonds is 8. The Hall–Kier alpha value is -4.74. The van der Waals surface area contributed by atoms with E-state index in [1.54, 1.807) is 24.4 Å². The molecule has 0 aliphatic carbocycles. The first kappa shape index (κ1) is 29.7. The van der Waals surface area contributed by atoms with E-state index in [0.717, 1.165) is 42.8 Å². The first-order valence-corrected chi connectivity index (χ1v) is 14.4. The number of nitrogens with two attached hydrogens (primary N) is 1. The predicted molar refractivity (Wildman–Crippen MR) is 169 cm³/mol. The highest BCUT2D eigenvalue weighted by molar-refractivity contribution is 6.26. The molecule has 43 heavy (non-hydrogen) atoms. The summed E-state index contributed by atoms with van der Waals surface area (Å²) in [5.74, 6) is 0.0259. The number of amidine groups is 1. The predicted octanol–water partition coefficient (Wildman–Crippen LogP) is 3.20. The zero-order valence-corrected chi connectivity index (χ0v) is 24.6. The van der Waals surface area contributed by atoms with Gasteiger partial charge in [0.25, 0.3) is 11.8 Å². The molecule has 2 amide bonds. The normalized spacial score (nSPS) is 17.6. The third-order valence-corrected chi connectivity index (χ3v) is 7.83. The first-order chi connectivity index (χ1) is 20.9. The molecule has 1 aromatic carbocycles. The smallest absolute Gasteiger partial charge is 0.264 e. The van der Waals surface area contributed by atoms with E-state index in [1.165, 1.54) is 11.9 Å². The Labute approximate surface area is 251 Å². The summed E-state index contributed by atoms with van der Waals surface area (Å²) < 4.78 is 7.65. The molecule has 0 spiro atoms. The maximum absolute atomic E-state index is 13.5. The minimum Gasteiger partial charge on any atom is -0.383 e. The summed E-state index contributed by atoms with van der Waals surface area (Å²) in [5, 5.41) is 8.70. The third kappa shape index (κ3) is 6.85. The number of benzene rings is 1. The standard InChI is InChI=1S/C32H38N8O3/c1-4-34-30(33)29-24(19-26(40(29)3)22-12-16-39(2)17-13-22)21-8-10-23(11-9-21)37-31(41)28(25-20-43-18-15-35-25)32(42)38-27-7-5-6-14-36-27/h4-11,14,19,22,35H,1,12-13,15-18,20H2,2-3H3,(H2,33,34)(H,37,41)(H,36,38,42)/b28-25-. The molecule has 2 saturated heterocycles. The second kappa shape index (κ2) is 13.5. The molecule has 2 fully saturated rings. The molecule has 0 saturated carbocycles. The highest BCUT2D eigenvalue weighted by Gasteiger charge is 2.27. The zero-order valence-electron chi connectivity index (χ0n) is 24.6. The molecule has 0 bridgehead atoms. The van der Waals surface area contributed by atoms with E-state index in [-0.39, 0.29) is 12.2 Å². The van der Waals surface area contributed by atoms with Gasteiger partial charge >= 0.3 is 0 Å². The second-order valence-corrected chi connectivity index (χ2v) is 10.7. The summed E-state index contributed by atoms with van der Waals surface area (Å²) >= 11 is 0. The Morgan fingerprint density at radius 2 is 1.86 bits per heavy atom. The number of carbonyl (C=O) groups is 2. The molecule has 0 unspecified atom stereocenters. The fourth-order valence-electron chi connectivity index (χ4n) is 5.59. The van der Waals surface area contributed by atoms with Crippen LogP contribution in [0.15, 0.2) is 83.8 Å². The summed E-state index contributed by atoms with van der Waals surface area (Å²) in [6, 6.07) is 14.8. The molecule has 5 N–H and O–H groups in total. The molecule has 2 aliphatic heterocycles. The fourth-order valence-corrected chi connectivity index (χ4v) is 5.59. The largest absolute Gasteiger partial charge is 0.383 e. The van der Waals surface area contributed by atoms with Crippen LogP contribution in [0.3, 0.4) is 0 Å². The van der Waals surface area contributed by atoms with Crippen molar-refractivity contribution in [3.05, 3.63) is 90.2 Å². The second-order valence-electron chi connectivity index (χ2n) is 10.7. The summed E-state index contributed by atoms with van der Waals surface area (Å²) in [5.41, 5.74) is 11.2. The minimum atomic E-state index is -0.576. The van der Waals surface area contributed by atoms with Crippen molar-refractivity contribution in [3.8, 4) is 11.1 Å². The number of aromatic nitrogens is 2. The summed E-state index contributed by atoms with van der Waals surface area (Å²) in [7, 11) is 4.18. The van der Waals surface area contributed by atoms with E-state index >= 15 is 0 Å². The molecule has 0 atom stereocenters. The van der Waals surface area contributed by atoms with Crippen molar-refractivity contribution in [3.63, 3.8) is 0 Å². The lowest BCUT2D eigenvalue weighted by Crippen LogP contribution is -2.36. The van der Waals surface area contributed by atoms with Crippen molar-refractivity contribution in [1.82, 2.24) is 19.8 Å².